The summed E-state index contributed by atoms with van der Waals surface area (Å²) < 4.78 is 5.60. The third-order valence-electron chi connectivity index (χ3n) is 2.38. The number of oxazole rings is 1. The Morgan fingerprint density at radius 2 is 2.24 bits per heavy atom. The van der Waals surface area contributed by atoms with E-state index in [0.717, 1.165) is 11.3 Å². The number of anilines is 1. The molecule has 0 atom stereocenters. The number of aromatic nitrogens is 3. The first-order chi connectivity index (χ1) is 8.28. The summed E-state index contributed by atoms with van der Waals surface area (Å²) in [4.78, 5) is 13.7. The van der Waals surface area contributed by atoms with Gasteiger partial charge in [-0.3, -0.25) is 0 Å². The zero-order valence-electron chi connectivity index (χ0n) is 9.17. The molecule has 0 aliphatic heterocycles. The van der Waals surface area contributed by atoms with E-state index in [1.807, 2.05) is 24.4 Å². The summed E-state index contributed by atoms with van der Waals surface area (Å²) in [5, 5.41) is 1.97. The minimum Gasteiger partial charge on any atom is -0.417 e. The monoisotopic (exact) mass is 246 g/mol. The minimum atomic E-state index is 0.374. The largest absolute Gasteiger partial charge is 0.417 e. The molecule has 3 aromatic heterocycles. The molecule has 0 unspecified atom stereocenters. The van der Waals surface area contributed by atoms with E-state index in [9.17, 15) is 0 Å². The molecule has 17 heavy (non-hydrogen) atoms. The number of hydrogen-bond acceptors (Lipinski definition) is 6. The summed E-state index contributed by atoms with van der Waals surface area (Å²) >= 11 is 1.56. The van der Waals surface area contributed by atoms with E-state index < -0.39 is 0 Å². The van der Waals surface area contributed by atoms with Gasteiger partial charge in [-0.05, 0) is 11.4 Å². The lowest BCUT2D eigenvalue weighted by Gasteiger charge is -1.95. The Labute approximate surface area is 101 Å². The van der Waals surface area contributed by atoms with Crippen LogP contribution >= 0.6 is 11.3 Å². The molecule has 2 N–H and O–H groups in total. The van der Waals surface area contributed by atoms with Crippen LogP contribution in [-0.2, 0) is 6.42 Å². The maximum absolute atomic E-state index is 5.83. The number of rotatable bonds is 2. The molecule has 0 aromatic carbocycles. The highest BCUT2D eigenvalue weighted by Crippen LogP contribution is 2.28. The van der Waals surface area contributed by atoms with E-state index >= 15 is 0 Å². The van der Waals surface area contributed by atoms with Crippen molar-refractivity contribution in [3.05, 3.63) is 23.3 Å². The van der Waals surface area contributed by atoms with Gasteiger partial charge in [0.25, 0.3) is 5.71 Å². The molecule has 0 spiro atoms. The first kappa shape index (κ1) is 10.2. The van der Waals surface area contributed by atoms with Crippen molar-refractivity contribution in [2.45, 2.75) is 13.3 Å². The van der Waals surface area contributed by atoms with Gasteiger partial charge in [0.05, 0.1) is 4.88 Å². The van der Waals surface area contributed by atoms with Gasteiger partial charge in [-0.25, -0.2) is 9.97 Å². The van der Waals surface area contributed by atoms with Gasteiger partial charge in [-0.2, -0.15) is 4.98 Å². The van der Waals surface area contributed by atoms with Gasteiger partial charge in [-0.15, -0.1) is 11.3 Å². The van der Waals surface area contributed by atoms with Crippen LogP contribution in [0.2, 0.25) is 0 Å². The molecule has 3 aromatic rings. The van der Waals surface area contributed by atoms with Gasteiger partial charge in [0, 0.05) is 6.42 Å². The Balaban J connectivity index is 2.22. The molecule has 0 amide bonds. The van der Waals surface area contributed by atoms with Crippen molar-refractivity contribution in [3.63, 3.8) is 0 Å². The SMILES string of the molecule is CCc1nc(N)c2nc(-c3cccs3)oc2n1. The summed E-state index contributed by atoms with van der Waals surface area (Å²) in [5.41, 5.74) is 6.82. The molecule has 0 fully saturated rings. The van der Waals surface area contributed by atoms with E-state index in [4.69, 9.17) is 10.2 Å². The average Bonchev–Trinajstić information content (AvgIpc) is 2.96. The molecular weight excluding hydrogens is 236 g/mol. The number of fused-ring (bicyclic) bond motifs is 1. The summed E-state index contributed by atoms with van der Waals surface area (Å²) in [6, 6.07) is 3.89. The molecular formula is C11H10N4OS. The second-order valence-electron chi connectivity index (χ2n) is 3.53. The quantitative estimate of drug-likeness (QED) is 0.751. The van der Waals surface area contributed by atoms with E-state index in [0.29, 0.717) is 28.8 Å². The lowest BCUT2D eigenvalue weighted by molar-refractivity contribution is 0.606. The van der Waals surface area contributed by atoms with Gasteiger partial charge in [-0.1, -0.05) is 13.0 Å². The summed E-state index contributed by atoms with van der Waals surface area (Å²) in [6.45, 7) is 1.97. The van der Waals surface area contributed by atoms with Crippen LogP contribution in [0.25, 0.3) is 22.0 Å². The number of hydrogen-bond donors (Lipinski definition) is 1. The molecule has 3 heterocycles. The zero-order valence-corrected chi connectivity index (χ0v) is 9.99. The van der Waals surface area contributed by atoms with Crippen LogP contribution in [0.15, 0.2) is 21.9 Å². The van der Waals surface area contributed by atoms with Gasteiger partial charge >= 0.3 is 0 Å². The number of aryl methyl sites for hydroxylation is 1. The van der Waals surface area contributed by atoms with E-state index in [2.05, 4.69) is 15.0 Å². The second-order valence-corrected chi connectivity index (χ2v) is 4.48. The Bertz CT molecular complexity index is 659. The normalized spacial score (nSPS) is 11.1. The van der Waals surface area contributed by atoms with Crippen LogP contribution in [-0.4, -0.2) is 15.0 Å². The van der Waals surface area contributed by atoms with Crippen LogP contribution in [0.4, 0.5) is 5.82 Å². The highest BCUT2D eigenvalue weighted by molar-refractivity contribution is 7.13. The molecule has 0 saturated heterocycles. The third kappa shape index (κ3) is 1.66. The highest BCUT2D eigenvalue weighted by Gasteiger charge is 2.14. The van der Waals surface area contributed by atoms with Crippen LogP contribution in [0.5, 0.6) is 0 Å². The molecule has 0 aliphatic rings. The predicted molar refractivity (Wildman–Crippen MR) is 66.7 cm³/mol. The molecule has 0 aliphatic carbocycles. The lowest BCUT2D eigenvalue weighted by Crippen LogP contribution is -1.98. The first-order valence-electron chi connectivity index (χ1n) is 5.24. The topological polar surface area (TPSA) is 77.8 Å². The molecule has 86 valence electrons. The highest BCUT2D eigenvalue weighted by atomic mass is 32.1. The zero-order chi connectivity index (χ0) is 11.8. The number of nitrogen functional groups attached to an aromatic ring is 1. The van der Waals surface area contributed by atoms with Crippen molar-refractivity contribution in [2.24, 2.45) is 0 Å². The molecule has 0 radical (unpaired) electrons. The predicted octanol–water partition coefficient (Wildman–Crippen LogP) is 2.49. The number of nitrogens with two attached hydrogens (primary N) is 1. The Morgan fingerprint density at radius 1 is 1.35 bits per heavy atom. The molecule has 0 saturated carbocycles. The Morgan fingerprint density at radius 3 is 2.94 bits per heavy atom. The van der Waals surface area contributed by atoms with Crippen molar-refractivity contribution >= 4 is 28.4 Å². The molecule has 0 bridgehead atoms. The van der Waals surface area contributed by atoms with Crippen LogP contribution in [0.3, 0.4) is 0 Å². The third-order valence-corrected chi connectivity index (χ3v) is 3.24. The van der Waals surface area contributed by atoms with Gasteiger partial charge in [0.1, 0.15) is 5.82 Å². The smallest absolute Gasteiger partial charge is 0.253 e. The summed E-state index contributed by atoms with van der Waals surface area (Å²) in [7, 11) is 0. The summed E-state index contributed by atoms with van der Waals surface area (Å²) in [6.07, 6.45) is 0.717. The van der Waals surface area contributed by atoms with Crippen molar-refractivity contribution in [2.75, 3.05) is 5.73 Å². The fourth-order valence-electron chi connectivity index (χ4n) is 1.55. The second kappa shape index (κ2) is 3.81. The van der Waals surface area contributed by atoms with Crippen LogP contribution in [0, 0.1) is 0 Å². The Hall–Kier alpha value is -1.95. The van der Waals surface area contributed by atoms with Crippen molar-refractivity contribution in [1.29, 1.82) is 0 Å². The van der Waals surface area contributed by atoms with Gasteiger partial charge < -0.3 is 10.2 Å². The first-order valence-corrected chi connectivity index (χ1v) is 6.12. The fourth-order valence-corrected chi connectivity index (χ4v) is 2.20. The standard InChI is InChI=1S/C11H10N4OS/c1-2-7-13-9(12)8-11(14-7)16-10(15-8)6-4-3-5-17-6/h3-5H,2H2,1H3,(H2,12,13,14). The number of thiophene rings is 1. The van der Waals surface area contributed by atoms with Crippen LogP contribution in [0.1, 0.15) is 12.7 Å². The van der Waals surface area contributed by atoms with Crippen molar-refractivity contribution in [3.8, 4) is 10.8 Å². The maximum Gasteiger partial charge on any atom is 0.253 e. The maximum atomic E-state index is 5.83. The lowest BCUT2D eigenvalue weighted by atomic mass is 10.4. The van der Waals surface area contributed by atoms with Crippen molar-refractivity contribution in [1.82, 2.24) is 15.0 Å². The average molecular weight is 246 g/mol. The van der Waals surface area contributed by atoms with E-state index in [1.54, 1.807) is 11.3 Å². The fraction of sp³-hybridized carbons (Fsp3) is 0.182. The Kier molecular flexibility index (Phi) is 2.29. The van der Waals surface area contributed by atoms with E-state index in [-0.39, 0.29) is 0 Å². The molecule has 6 heteroatoms. The van der Waals surface area contributed by atoms with Gasteiger partial charge in [0.15, 0.2) is 11.3 Å². The summed E-state index contributed by atoms with van der Waals surface area (Å²) in [5.74, 6) is 1.59. The van der Waals surface area contributed by atoms with Crippen LogP contribution < -0.4 is 5.73 Å². The number of nitrogens with zero attached hydrogens (tertiary/aromatic N) is 3. The van der Waals surface area contributed by atoms with Crippen molar-refractivity contribution < 1.29 is 4.42 Å². The molecule has 3 rings (SSSR count). The molecule has 5 nitrogen and oxygen atoms in total. The minimum absolute atomic E-state index is 0.374. The van der Waals surface area contributed by atoms with E-state index in [1.165, 1.54) is 0 Å². The van der Waals surface area contributed by atoms with Gasteiger partial charge in [0.2, 0.25) is 5.89 Å².